The number of ether oxygens (including phenoxy) is 1. The molecule has 3 rings (SSSR count). The summed E-state index contributed by atoms with van der Waals surface area (Å²) in [5.74, 6) is 0.0397. The molecule has 0 amide bonds. The Bertz CT molecular complexity index is 816. The first-order valence-electron chi connectivity index (χ1n) is 7.80. The molecule has 0 saturated heterocycles. The fourth-order valence-electron chi connectivity index (χ4n) is 2.85. The minimum absolute atomic E-state index is 0. The summed E-state index contributed by atoms with van der Waals surface area (Å²) in [6.07, 6.45) is 1.22. The topological polar surface area (TPSA) is 125 Å². The van der Waals surface area contributed by atoms with Gasteiger partial charge in [-0.25, -0.2) is 15.1 Å². The van der Waals surface area contributed by atoms with E-state index in [9.17, 15) is 13.5 Å². The highest BCUT2D eigenvalue weighted by atomic mass is 32.2. The van der Waals surface area contributed by atoms with Crippen molar-refractivity contribution in [3.63, 3.8) is 0 Å². The van der Waals surface area contributed by atoms with Gasteiger partial charge in [0, 0.05) is 24.0 Å². The smallest absolute Gasteiger partial charge is 0.333 e. The zero-order chi connectivity index (χ0) is 17.9. The van der Waals surface area contributed by atoms with E-state index in [4.69, 9.17) is 9.88 Å². The predicted molar refractivity (Wildman–Crippen MR) is 96.4 cm³/mol. The van der Waals surface area contributed by atoms with Crippen LogP contribution in [-0.4, -0.2) is 42.3 Å². The number of aliphatic hydroxyl groups is 1. The van der Waals surface area contributed by atoms with E-state index in [2.05, 4.69) is 14.2 Å². The number of rotatable bonds is 6. The summed E-state index contributed by atoms with van der Waals surface area (Å²) in [5.41, 5.74) is 1.68. The fourth-order valence-corrected chi connectivity index (χ4v) is 3.22. The van der Waals surface area contributed by atoms with E-state index < -0.39 is 16.4 Å². The lowest BCUT2D eigenvalue weighted by atomic mass is 10.1. The van der Waals surface area contributed by atoms with Gasteiger partial charge >= 0.3 is 10.3 Å². The van der Waals surface area contributed by atoms with Crippen molar-refractivity contribution >= 4 is 10.3 Å². The van der Waals surface area contributed by atoms with E-state index in [-0.39, 0.29) is 26.1 Å². The third kappa shape index (κ3) is 5.46. The lowest BCUT2D eigenvalue weighted by Gasteiger charge is -2.13. The first kappa shape index (κ1) is 20.2. The van der Waals surface area contributed by atoms with Crippen molar-refractivity contribution in [3.8, 4) is 17.1 Å². The second-order valence-electron chi connectivity index (χ2n) is 5.92. The first-order chi connectivity index (χ1) is 11.9. The van der Waals surface area contributed by atoms with Crippen LogP contribution in [0.3, 0.4) is 0 Å². The van der Waals surface area contributed by atoms with Crippen LogP contribution in [0.15, 0.2) is 42.7 Å². The van der Waals surface area contributed by atoms with Crippen molar-refractivity contribution in [3.05, 3.63) is 42.7 Å². The summed E-state index contributed by atoms with van der Waals surface area (Å²) in [6, 6.07) is 11.4. The molecule has 0 unspecified atom stereocenters. The van der Waals surface area contributed by atoms with Gasteiger partial charge in [0.25, 0.3) is 0 Å². The molecule has 8 nitrogen and oxygen atoms in total. The Kier molecular flexibility index (Phi) is 6.65. The Labute approximate surface area is 153 Å². The number of aromatic nitrogens is 2. The van der Waals surface area contributed by atoms with Gasteiger partial charge in [-0.2, -0.15) is 8.42 Å². The molecule has 1 saturated carbocycles. The van der Waals surface area contributed by atoms with Crippen LogP contribution in [0, 0.1) is 5.92 Å². The van der Waals surface area contributed by atoms with Crippen LogP contribution >= 0.6 is 0 Å². The number of aliphatic hydroxyl groups excluding tert-OH is 1. The molecule has 1 aliphatic carbocycles. The molecule has 1 aliphatic rings. The summed E-state index contributed by atoms with van der Waals surface area (Å²) >= 11 is 0. The van der Waals surface area contributed by atoms with Crippen LogP contribution in [0.1, 0.15) is 20.3 Å². The SMILES string of the molecule is C.NS(=O)(=O)OC[C@@H]1C[C@@H](Oc2cc(-c3ccccc3)ncn2)C[C@@H]1O. The van der Waals surface area contributed by atoms with Gasteiger partial charge in [-0.3, -0.25) is 4.18 Å². The Balaban J connectivity index is 0.00000243. The van der Waals surface area contributed by atoms with Crippen molar-refractivity contribution in [1.29, 1.82) is 0 Å². The normalized spacial score (nSPS) is 22.6. The predicted octanol–water partition coefficient (Wildman–Crippen LogP) is 1.52. The molecule has 0 aliphatic heterocycles. The van der Waals surface area contributed by atoms with Crippen molar-refractivity contribution in [2.45, 2.75) is 32.5 Å². The molecule has 26 heavy (non-hydrogen) atoms. The van der Waals surface area contributed by atoms with Gasteiger partial charge < -0.3 is 9.84 Å². The largest absolute Gasteiger partial charge is 0.474 e. The molecule has 9 heteroatoms. The van der Waals surface area contributed by atoms with Gasteiger partial charge in [-0.15, -0.1) is 0 Å². The lowest BCUT2D eigenvalue weighted by Crippen LogP contribution is -2.24. The standard InChI is InChI=1S/C16H19N3O5S.CH4/c17-25(21,22)23-9-12-6-13(7-15(12)20)24-16-8-14(18-10-19-16)11-4-2-1-3-5-11;/h1-5,8,10,12-13,15,20H,6-7,9H2,(H2,17,21,22);1H4/t12-,13+,15-;/m0./s1. The minimum Gasteiger partial charge on any atom is -0.474 e. The van der Waals surface area contributed by atoms with Gasteiger partial charge in [-0.05, 0) is 6.42 Å². The zero-order valence-corrected chi connectivity index (χ0v) is 14.2. The van der Waals surface area contributed by atoms with Gasteiger partial charge in [0.15, 0.2) is 0 Å². The van der Waals surface area contributed by atoms with Crippen molar-refractivity contribution in [2.75, 3.05) is 6.61 Å². The maximum atomic E-state index is 10.9. The summed E-state index contributed by atoms with van der Waals surface area (Å²) in [6.45, 7) is -0.168. The van der Waals surface area contributed by atoms with E-state index in [1.165, 1.54) is 6.33 Å². The van der Waals surface area contributed by atoms with E-state index in [1.807, 2.05) is 30.3 Å². The fraction of sp³-hybridized carbons (Fsp3) is 0.412. The van der Waals surface area contributed by atoms with Gasteiger partial charge in [-0.1, -0.05) is 37.8 Å². The van der Waals surface area contributed by atoms with Crippen molar-refractivity contribution in [2.24, 2.45) is 11.1 Å². The Morgan fingerprint density at radius 3 is 2.62 bits per heavy atom. The highest BCUT2D eigenvalue weighted by molar-refractivity contribution is 7.84. The number of nitrogens with zero attached hydrogens (tertiary/aromatic N) is 2. The van der Waals surface area contributed by atoms with E-state index in [0.29, 0.717) is 18.7 Å². The molecule has 0 radical (unpaired) electrons. The number of nitrogens with two attached hydrogens (primary N) is 1. The second kappa shape index (κ2) is 8.54. The third-order valence-electron chi connectivity index (χ3n) is 4.06. The first-order valence-corrected chi connectivity index (χ1v) is 9.27. The summed E-state index contributed by atoms with van der Waals surface area (Å²) < 4.78 is 32.1. The molecule has 0 bridgehead atoms. The maximum absolute atomic E-state index is 10.9. The van der Waals surface area contributed by atoms with Gasteiger partial charge in [0.1, 0.15) is 12.4 Å². The number of hydrogen-bond acceptors (Lipinski definition) is 7. The molecular weight excluding hydrogens is 358 g/mol. The van der Waals surface area contributed by atoms with Crippen LogP contribution in [-0.2, 0) is 14.5 Å². The summed E-state index contributed by atoms with van der Waals surface area (Å²) in [5, 5.41) is 14.8. The molecule has 0 spiro atoms. The van der Waals surface area contributed by atoms with Gasteiger partial charge in [0.05, 0.1) is 18.4 Å². The van der Waals surface area contributed by atoms with Gasteiger partial charge in [0.2, 0.25) is 5.88 Å². The average molecular weight is 381 g/mol. The van der Waals surface area contributed by atoms with Crippen LogP contribution in [0.25, 0.3) is 11.3 Å². The molecule has 2 aromatic rings. The monoisotopic (exact) mass is 381 g/mol. The molecule has 3 atom stereocenters. The molecule has 1 fully saturated rings. The molecule has 1 aromatic heterocycles. The Hall–Kier alpha value is -2.07. The van der Waals surface area contributed by atoms with E-state index in [1.54, 1.807) is 6.07 Å². The lowest BCUT2D eigenvalue weighted by molar-refractivity contribution is 0.0986. The highest BCUT2D eigenvalue weighted by Crippen LogP contribution is 2.30. The number of benzene rings is 1. The molecule has 3 N–H and O–H groups in total. The quantitative estimate of drug-likeness (QED) is 0.777. The summed E-state index contributed by atoms with van der Waals surface area (Å²) in [4.78, 5) is 8.33. The second-order valence-corrected chi connectivity index (χ2v) is 7.14. The molecule has 142 valence electrons. The van der Waals surface area contributed by atoms with Crippen LogP contribution in [0.4, 0.5) is 0 Å². The highest BCUT2D eigenvalue weighted by Gasteiger charge is 2.35. The van der Waals surface area contributed by atoms with E-state index in [0.717, 1.165) is 11.3 Å². The average Bonchev–Trinajstić information content (AvgIpc) is 2.93. The van der Waals surface area contributed by atoms with Crippen LogP contribution in [0.2, 0.25) is 0 Å². The summed E-state index contributed by atoms with van der Waals surface area (Å²) in [7, 11) is -4.02. The van der Waals surface area contributed by atoms with E-state index >= 15 is 0 Å². The Morgan fingerprint density at radius 1 is 1.19 bits per heavy atom. The molecular formula is C17H23N3O5S. The maximum Gasteiger partial charge on any atom is 0.333 e. The molecule has 1 heterocycles. The zero-order valence-electron chi connectivity index (χ0n) is 13.4. The number of hydrogen-bond donors (Lipinski definition) is 2. The minimum atomic E-state index is -4.02. The Morgan fingerprint density at radius 2 is 1.92 bits per heavy atom. The van der Waals surface area contributed by atoms with Crippen LogP contribution in [0.5, 0.6) is 5.88 Å². The third-order valence-corrected chi connectivity index (χ3v) is 4.52. The van der Waals surface area contributed by atoms with Crippen molar-refractivity contribution in [1.82, 2.24) is 9.97 Å². The van der Waals surface area contributed by atoms with Crippen molar-refractivity contribution < 1.29 is 22.4 Å². The van der Waals surface area contributed by atoms with Crippen LogP contribution < -0.4 is 9.88 Å². The molecule has 1 aromatic carbocycles.